The van der Waals surface area contributed by atoms with Gasteiger partial charge in [0.25, 0.3) is 5.91 Å². The van der Waals surface area contributed by atoms with Crippen LogP contribution in [0, 0.1) is 13.8 Å². The van der Waals surface area contributed by atoms with E-state index in [1.54, 1.807) is 21.7 Å². The van der Waals surface area contributed by atoms with Gasteiger partial charge in [0.05, 0.1) is 23.0 Å². The fourth-order valence-electron chi connectivity index (χ4n) is 3.53. The molecule has 0 bridgehead atoms. The average molecular weight is 414 g/mol. The number of rotatable bonds is 4. The Bertz CT molecular complexity index is 1070. The lowest BCUT2D eigenvalue weighted by Crippen LogP contribution is -2.39. The second-order valence-corrected chi connectivity index (χ2v) is 7.94. The van der Waals surface area contributed by atoms with E-state index in [0.717, 1.165) is 23.5 Å². The van der Waals surface area contributed by atoms with Gasteiger partial charge in [-0.15, -0.1) is 21.5 Å². The predicted molar refractivity (Wildman–Crippen MR) is 106 cm³/mol. The molecular weight excluding hydrogens is 392 g/mol. The minimum absolute atomic E-state index is 0.130. The van der Waals surface area contributed by atoms with Gasteiger partial charge < -0.3 is 9.64 Å². The zero-order valence-electron chi connectivity index (χ0n) is 16.6. The smallest absolute Gasteiger partial charge is 0.357 e. The number of aromatic nitrogens is 5. The molecule has 0 radical (unpaired) electrons. The molecule has 3 aromatic heterocycles. The molecule has 152 valence electrons. The molecule has 29 heavy (non-hydrogen) atoms. The van der Waals surface area contributed by atoms with Crippen molar-refractivity contribution < 1.29 is 14.3 Å². The molecule has 1 saturated heterocycles. The van der Waals surface area contributed by atoms with Crippen LogP contribution in [-0.4, -0.2) is 61.3 Å². The van der Waals surface area contributed by atoms with Crippen molar-refractivity contribution in [1.82, 2.24) is 29.7 Å². The number of fused-ring (bicyclic) bond motifs is 1. The summed E-state index contributed by atoms with van der Waals surface area (Å²) in [5, 5.41) is 15.3. The van der Waals surface area contributed by atoms with E-state index in [9.17, 15) is 9.59 Å². The predicted octanol–water partition coefficient (Wildman–Crippen LogP) is 2.39. The van der Waals surface area contributed by atoms with Crippen molar-refractivity contribution in [3.05, 3.63) is 39.2 Å². The highest BCUT2D eigenvalue weighted by Crippen LogP contribution is 2.31. The van der Waals surface area contributed by atoms with Crippen LogP contribution in [0.5, 0.6) is 0 Å². The minimum Gasteiger partial charge on any atom is -0.461 e. The molecule has 0 atom stereocenters. The SMILES string of the molecule is CCOC(=O)c1csc(C2CCN(C(=O)c3nnc4cc(C)nn4c3C)CC2)n1. The summed E-state index contributed by atoms with van der Waals surface area (Å²) in [5.74, 6) is -0.286. The van der Waals surface area contributed by atoms with Crippen molar-refractivity contribution in [3.63, 3.8) is 0 Å². The lowest BCUT2D eigenvalue weighted by Gasteiger charge is -2.31. The van der Waals surface area contributed by atoms with Crippen molar-refractivity contribution in [3.8, 4) is 0 Å². The maximum Gasteiger partial charge on any atom is 0.357 e. The molecule has 0 unspecified atom stereocenters. The average Bonchev–Trinajstić information content (AvgIpc) is 3.35. The van der Waals surface area contributed by atoms with Crippen LogP contribution < -0.4 is 0 Å². The monoisotopic (exact) mass is 414 g/mol. The van der Waals surface area contributed by atoms with E-state index in [2.05, 4.69) is 20.3 Å². The van der Waals surface area contributed by atoms with Crippen molar-refractivity contribution >= 4 is 28.9 Å². The molecule has 0 aliphatic carbocycles. The zero-order valence-corrected chi connectivity index (χ0v) is 17.4. The molecule has 4 rings (SSSR count). The third-order valence-electron chi connectivity index (χ3n) is 5.07. The highest BCUT2D eigenvalue weighted by molar-refractivity contribution is 7.09. The van der Waals surface area contributed by atoms with Gasteiger partial charge in [0.15, 0.2) is 17.0 Å². The van der Waals surface area contributed by atoms with Crippen LogP contribution in [0.1, 0.15) is 63.1 Å². The van der Waals surface area contributed by atoms with Gasteiger partial charge in [0, 0.05) is 30.5 Å². The number of thiazole rings is 1. The second-order valence-electron chi connectivity index (χ2n) is 7.05. The van der Waals surface area contributed by atoms with Crippen LogP contribution >= 0.6 is 11.3 Å². The van der Waals surface area contributed by atoms with Crippen LogP contribution in [0.2, 0.25) is 0 Å². The molecule has 0 N–H and O–H groups in total. The number of carbonyl (C=O) groups is 2. The summed E-state index contributed by atoms with van der Waals surface area (Å²) in [6.07, 6.45) is 1.58. The van der Waals surface area contributed by atoms with Crippen molar-refractivity contribution in [2.24, 2.45) is 0 Å². The summed E-state index contributed by atoms with van der Waals surface area (Å²) in [4.78, 5) is 31.0. The molecule has 3 aromatic rings. The van der Waals surface area contributed by atoms with E-state index in [1.807, 2.05) is 19.9 Å². The van der Waals surface area contributed by atoms with Gasteiger partial charge in [-0.3, -0.25) is 4.79 Å². The Morgan fingerprint density at radius 2 is 2.00 bits per heavy atom. The maximum absolute atomic E-state index is 13.0. The number of likely N-dealkylation sites (tertiary alicyclic amines) is 1. The minimum atomic E-state index is -0.388. The fourth-order valence-corrected chi connectivity index (χ4v) is 4.49. The second kappa shape index (κ2) is 7.86. The number of piperidine rings is 1. The first-order valence-electron chi connectivity index (χ1n) is 9.59. The Kier molecular flexibility index (Phi) is 5.27. The summed E-state index contributed by atoms with van der Waals surface area (Å²) in [6, 6.07) is 1.83. The molecule has 1 fully saturated rings. The number of hydrogen-bond acceptors (Lipinski definition) is 8. The summed E-state index contributed by atoms with van der Waals surface area (Å²) in [7, 11) is 0. The molecule has 10 heteroatoms. The topological polar surface area (TPSA) is 103 Å². The lowest BCUT2D eigenvalue weighted by molar-refractivity contribution is 0.0520. The third kappa shape index (κ3) is 3.71. The molecule has 0 spiro atoms. The van der Waals surface area contributed by atoms with Crippen LogP contribution in [0.15, 0.2) is 11.4 Å². The summed E-state index contributed by atoms with van der Waals surface area (Å²) in [5.41, 5.74) is 2.85. The van der Waals surface area contributed by atoms with E-state index in [0.29, 0.717) is 42.4 Å². The molecule has 4 heterocycles. The number of carbonyl (C=O) groups excluding carboxylic acids is 2. The highest BCUT2D eigenvalue weighted by Gasteiger charge is 2.29. The Morgan fingerprint density at radius 1 is 1.24 bits per heavy atom. The number of aryl methyl sites for hydroxylation is 2. The van der Waals surface area contributed by atoms with Gasteiger partial charge in [0.1, 0.15) is 0 Å². The Morgan fingerprint density at radius 3 is 2.72 bits per heavy atom. The number of ether oxygens (including phenoxy) is 1. The first-order chi connectivity index (χ1) is 14.0. The van der Waals surface area contributed by atoms with Crippen LogP contribution in [0.25, 0.3) is 5.65 Å². The first kappa shape index (κ1) is 19.4. The van der Waals surface area contributed by atoms with Crippen molar-refractivity contribution in [2.75, 3.05) is 19.7 Å². The van der Waals surface area contributed by atoms with Crippen LogP contribution in [0.4, 0.5) is 0 Å². The summed E-state index contributed by atoms with van der Waals surface area (Å²) in [6.45, 7) is 7.03. The molecule has 1 aliphatic rings. The molecule has 9 nitrogen and oxygen atoms in total. The highest BCUT2D eigenvalue weighted by atomic mass is 32.1. The molecular formula is C19H22N6O3S. The van der Waals surface area contributed by atoms with Gasteiger partial charge >= 0.3 is 5.97 Å². The molecule has 1 amide bonds. The van der Waals surface area contributed by atoms with Gasteiger partial charge in [-0.2, -0.15) is 5.10 Å². The summed E-state index contributed by atoms with van der Waals surface area (Å²) < 4.78 is 6.66. The molecule has 1 aliphatic heterocycles. The Labute approximate surface area is 171 Å². The van der Waals surface area contributed by atoms with Gasteiger partial charge in [-0.05, 0) is 33.6 Å². The maximum atomic E-state index is 13.0. The third-order valence-corrected chi connectivity index (χ3v) is 6.07. The standard InChI is InChI=1S/C19H22N6O3S/c1-4-28-19(27)14-10-29-17(20-14)13-5-7-24(8-6-13)18(26)16-12(3)25-15(21-22-16)9-11(2)23-25/h9-10,13H,4-8H2,1-3H3. The van der Waals surface area contributed by atoms with E-state index < -0.39 is 0 Å². The van der Waals surface area contributed by atoms with Crippen LogP contribution in [-0.2, 0) is 4.74 Å². The largest absolute Gasteiger partial charge is 0.461 e. The number of nitrogens with zero attached hydrogens (tertiary/aromatic N) is 6. The molecule has 0 aromatic carbocycles. The Balaban J connectivity index is 1.44. The molecule has 0 saturated carbocycles. The van der Waals surface area contributed by atoms with Gasteiger partial charge in [0.2, 0.25) is 0 Å². The summed E-state index contributed by atoms with van der Waals surface area (Å²) >= 11 is 1.47. The number of amides is 1. The fraction of sp³-hybridized carbons (Fsp3) is 0.474. The van der Waals surface area contributed by atoms with Crippen molar-refractivity contribution in [1.29, 1.82) is 0 Å². The lowest BCUT2D eigenvalue weighted by atomic mass is 9.97. The van der Waals surface area contributed by atoms with E-state index in [1.165, 1.54) is 11.3 Å². The van der Waals surface area contributed by atoms with Gasteiger partial charge in [-0.1, -0.05) is 0 Å². The van der Waals surface area contributed by atoms with Crippen LogP contribution in [0.3, 0.4) is 0 Å². The Hall–Kier alpha value is -2.88. The number of esters is 1. The van der Waals surface area contributed by atoms with Crippen molar-refractivity contribution in [2.45, 2.75) is 39.5 Å². The van der Waals surface area contributed by atoms with E-state index in [-0.39, 0.29) is 17.8 Å². The zero-order chi connectivity index (χ0) is 20.5. The van der Waals surface area contributed by atoms with E-state index in [4.69, 9.17) is 4.74 Å². The van der Waals surface area contributed by atoms with Gasteiger partial charge in [-0.25, -0.2) is 14.3 Å². The first-order valence-corrected chi connectivity index (χ1v) is 10.5. The van der Waals surface area contributed by atoms with E-state index >= 15 is 0 Å². The quantitative estimate of drug-likeness (QED) is 0.604. The number of hydrogen-bond donors (Lipinski definition) is 0. The normalized spacial score (nSPS) is 15.1.